The number of nitrogens with two attached hydrogens (primary N) is 1. The largest absolute Gasteiger partial charge is 0.383 e. The molecule has 0 saturated heterocycles. The summed E-state index contributed by atoms with van der Waals surface area (Å²) in [5, 5.41) is 4.76. The summed E-state index contributed by atoms with van der Waals surface area (Å²) in [6.45, 7) is 1.39. The molecule has 0 fully saturated rings. The molecule has 6 nitrogen and oxygen atoms in total. The van der Waals surface area contributed by atoms with Crippen LogP contribution in [0.15, 0.2) is 6.20 Å². The molecule has 7 heteroatoms. The third-order valence-electron chi connectivity index (χ3n) is 1.55. The first-order valence-corrected chi connectivity index (χ1v) is 5.20. The van der Waals surface area contributed by atoms with Crippen molar-refractivity contribution in [2.24, 2.45) is 0 Å². The number of carbonyl (C=O) groups is 1. The van der Waals surface area contributed by atoms with Gasteiger partial charge in [0.15, 0.2) is 0 Å². The Labute approximate surface area is 75.1 Å². The van der Waals surface area contributed by atoms with Crippen molar-refractivity contribution in [2.75, 3.05) is 11.5 Å². The number of aromatic amines is 1. The van der Waals surface area contributed by atoms with Crippen LogP contribution in [0.3, 0.4) is 0 Å². The maximum absolute atomic E-state index is 11.3. The van der Waals surface area contributed by atoms with E-state index in [0.29, 0.717) is 0 Å². The molecule has 0 unspecified atom stereocenters. The highest BCUT2D eigenvalue weighted by molar-refractivity contribution is 8.06. The maximum Gasteiger partial charge on any atom is 0.281 e. The molecule has 0 atom stereocenters. The molecule has 0 amide bonds. The average Bonchev–Trinajstić information content (AvgIpc) is 2.50. The third kappa shape index (κ3) is 1.69. The summed E-state index contributed by atoms with van der Waals surface area (Å²) in [6.07, 6.45) is 1.10. The van der Waals surface area contributed by atoms with E-state index in [-0.39, 0.29) is 17.1 Å². The van der Waals surface area contributed by atoms with Crippen LogP contribution in [-0.2, 0) is 9.84 Å². The number of nitrogens with one attached hydrogen (secondary N) is 1. The van der Waals surface area contributed by atoms with Crippen molar-refractivity contribution in [1.82, 2.24) is 10.2 Å². The molecule has 0 aliphatic heterocycles. The Morgan fingerprint density at radius 3 is 2.69 bits per heavy atom. The summed E-state index contributed by atoms with van der Waals surface area (Å²) < 4.78 is 22.2. The zero-order valence-corrected chi connectivity index (χ0v) is 7.76. The van der Waals surface area contributed by atoms with Gasteiger partial charge in [0, 0.05) is 0 Å². The van der Waals surface area contributed by atoms with Gasteiger partial charge in [0.05, 0.1) is 17.5 Å². The lowest BCUT2D eigenvalue weighted by molar-refractivity contribution is 0.107. The van der Waals surface area contributed by atoms with Gasteiger partial charge in [-0.3, -0.25) is 9.89 Å². The minimum absolute atomic E-state index is 0.0259. The summed E-state index contributed by atoms with van der Waals surface area (Å²) in [7, 11) is -3.72. The van der Waals surface area contributed by atoms with E-state index in [9.17, 15) is 13.2 Å². The summed E-state index contributed by atoms with van der Waals surface area (Å²) in [5.41, 5.74) is 5.19. The first-order valence-electron chi connectivity index (χ1n) is 3.55. The molecule has 3 N–H and O–H groups in total. The van der Waals surface area contributed by atoms with E-state index in [1.807, 2.05) is 0 Å². The first-order chi connectivity index (χ1) is 5.99. The molecule has 0 aliphatic carbocycles. The molecule has 0 radical (unpaired) electrons. The van der Waals surface area contributed by atoms with Crippen LogP contribution in [0.4, 0.5) is 5.82 Å². The number of hydrogen-bond donors (Lipinski definition) is 2. The fraction of sp³-hybridized carbons (Fsp3) is 0.333. The monoisotopic (exact) mass is 203 g/mol. The van der Waals surface area contributed by atoms with Crippen LogP contribution < -0.4 is 5.73 Å². The number of carbonyl (C=O) groups excluding carboxylic acids is 1. The molecule has 0 bridgehead atoms. The van der Waals surface area contributed by atoms with Crippen LogP contribution in [0.5, 0.6) is 0 Å². The van der Waals surface area contributed by atoms with Gasteiger partial charge in [-0.25, -0.2) is 8.42 Å². The van der Waals surface area contributed by atoms with E-state index in [0.717, 1.165) is 6.20 Å². The number of rotatable bonds is 2. The first kappa shape index (κ1) is 9.72. The van der Waals surface area contributed by atoms with Crippen molar-refractivity contribution in [2.45, 2.75) is 6.92 Å². The van der Waals surface area contributed by atoms with Gasteiger partial charge in [-0.2, -0.15) is 5.10 Å². The molecule has 13 heavy (non-hydrogen) atoms. The smallest absolute Gasteiger partial charge is 0.281 e. The number of anilines is 1. The minimum atomic E-state index is -3.72. The van der Waals surface area contributed by atoms with Gasteiger partial charge in [0.1, 0.15) is 5.82 Å². The highest BCUT2D eigenvalue weighted by Crippen LogP contribution is 2.11. The molecule has 0 aliphatic rings. The Morgan fingerprint density at radius 1 is 1.69 bits per heavy atom. The molecular weight excluding hydrogens is 194 g/mol. The van der Waals surface area contributed by atoms with Gasteiger partial charge in [-0.05, 0) is 0 Å². The Morgan fingerprint density at radius 2 is 2.31 bits per heavy atom. The van der Waals surface area contributed by atoms with Gasteiger partial charge >= 0.3 is 0 Å². The van der Waals surface area contributed by atoms with Gasteiger partial charge < -0.3 is 5.73 Å². The topological polar surface area (TPSA) is 106 Å². The van der Waals surface area contributed by atoms with Gasteiger partial charge in [-0.15, -0.1) is 0 Å². The number of nitrogen functional groups attached to an aromatic ring is 1. The fourth-order valence-corrected chi connectivity index (χ4v) is 1.52. The van der Waals surface area contributed by atoms with Crippen molar-refractivity contribution in [3.63, 3.8) is 0 Å². The molecule has 0 saturated carbocycles. The van der Waals surface area contributed by atoms with Crippen molar-refractivity contribution < 1.29 is 13.2 Å². The second-order valence-corrected chi connectivity index (χ2v) is 4.57. The fourth-order valence-electron chi connectivity index (χ4n) is 0.757. The Balaban J connectivity index is 3.14. The Hall–Kier alpha value is -1.37. The van der Waals surface area contributed by atoms with Crippen LogP contribution in [0.1, 0.15) is 17.3 Å². The lowest BCUT2D eigenvalue weighted by Gasteiger charge is -1.97. The molecule has 1 rings (SSSR count). The van der Waals surface area contributed by atoms with E-state index < -0.39 is 15.0 Å². The molecular formula is C6H9N3O3S. The van der Waals surface area contributed by atoms with Crippen molar-refractivity contribution in [3.8, 4) is 0 Å². The number of aromatic nitrogens is 2. The highest BCUT2D eigenvalue weighted by atomic mass is 32.2. The highest BCUT2D eigenvalue weighted by Gasteiger charge is 2.24. The zero-order valence-electron chi connectivity index (χ0n) is 6.94. The van der Waals surface area contributed by atoms with Crippen molar-refractivity contribution >= 4 is 20.8 Å². The molecule has 0 aromatic carbocycles. The molecule has 72 valence electrons. The number of hydrogen-bond acceptors (Lipinski definition) is 5. The van der Waals surface area contributed by atoms with Gasteiger partial charge in [-0.1, -0.05) is 6.92 Å². The third-order valence-corrected chi connectivity index (χ3v) is 3.10. The standard InChI is InChI=1S/C6H9N3O3S/c1-2-13(11,12)6(10)4-3-8-9-5(4)7/h3H,2H2,1H3,(H3,7,8,9). The molecule has 1 aromatic heterocycles. The molecule has 0 spiro atoms. The lowest BCUT2D eigenvalue weighted by Crippen LogP contribution is -2.17. The second kappa shape index (κ2) is 3.17. The maximum atomic E-state index is 11.3. The van der Waals surface area contributed by atoms with Crippen LogP contribution in [0.2, 0.25) is 0 Å². The summed E-state index contributed by atoms with van der Waals surface area (Å²) in [5.74, 6) is -0.266. The van der Waals surface area contributed by atoms with E-state index >= 15 is 0 Å². The predicted octanol–water partition coefficient (Wildman–Crippen LogP) is -0.433. The van der Waals surface area contributed by atoms with Gasteiger partial charge in [0.25, 0.3) is 5.12 Å². The van der Waals surface area contributed by atoms with Crippen LogP contribution in [0, 0.1) is 0 Å². The van der Waals surface area contributed by atoms with Crippen molar-refractivity contribution in [3.05, 3.63) is 11.8 Å². The van der Waals surface area contributed by atoms with Crippen molar-refractivity contribution in [1.29, 1.82) is 0 Å². The van der Waals surface area contributed by atoms with E-state index in [1.54, 1.807) is 0 Å². The average molecular weight is 203 g/mol. The van der Waals surface area contributed by atoms with E-state index in [4.69, 9.17) is 5.73 Å². The SMILES string of the molecule is CCS(=O)(=O)C(=O)c1cn[nH]c1N. The molecule has 1 aromatic rings. The van der Waals surface area contributed by atoms with Crippen LogP contribution in [-0.4, -0.2) is 29.5 Å². The number of H-pyrrole nitrogens is 1. The lowest BCUT2D eigenvalue weighted by atomic mass is 10.4. The van der Waals surface area contributed by atoms with E-state index in [1.165, 1.54) is 6.92 Å². The number of sulfone groups is 1. The quantitative estimate of drug-likeness (QED) is 0.678. The minimum Gasteiger partial charge on any atom is -0.383 e. The summed E-state index contributed by atoms with van der Waals surface area (Å²) >= 11 is 0. The van der Waals surface area contributed by atoms with E-state index in [2.05, 4.69) is 10.2 Å². The van der Waals surface area contributed by atoms with Crippen LogP contribution >= 0.6 is 0 Å². The van der Waals surface area contributed by atoms with Crippen LogP contribution in [0.25, 0.3) is 0 Å². The summed E-state index contributed by atoms with van der Waals surface area (Å²) in [4.78, 5) is 11.3. The second-order valence-electron chi connectivity index (χ2n) is 2.39. The summed E-state index contributed by atoms with van der Waals surface area (Å²) in [6, 6.07) is 0. The predicted molar refractivity (Wildman–Crippen MR) is 46.8 cm³/mol. The van der Waals surface area contributed by atoms with Gasteiger partial charge in [0.2, 0.25) is 9.84 Å². The Kier molecular flexibility index (Phi) is 2.37. The zero-order chi connectivity index (χ0) is 10.1. The molecule has 1 heterocycles. The number of nitrogens with zero attached hydrogens (tertiary/aromatic N) is 1. The normalized spacial score (nSPS) is 11.5. The Bertz CT molecular complexity index is 420.